The average molecular weight is 308 g/mol. The van der Waals surface area contributed by atoms with Gasteiger partial charge in [-0.15, -0.1) is 0 Å². The summed E-state index contributed by atoms with van der Waals surface area (Å²) in [7, 11) is 0. The number of pyridine rings is 1. The smallest absolute Gasteiger partial charge is 0.250 e. The van der Waals surface area contributed by atoms with Crippen LogP contribution in [0.25, 0.3) is 0 Å². The molecule has 22 heavy (non-hydrogen) atoms. The first-order valence-electron chi connectivity index (χ1n) is 7.79. The molecule has 0 spiro atoms. The SMILES string of the molecule is Cc1cccc(=O)n1CCCNC(=O)COC[C@@H]1CCCO1. The molecule has 1 aromatic heterocycles. The third-order valence-electron chi connectivity index (χ3n) is 3.71. The lowest BCUT2D eigenvalue weighted by molar-refractivity contribution is -0.126. The summed E-state index contributed by atoms with van der Waals surface area (Å²) < 4.78 is 12.5. The summed E-state index contributed by atoms with van der Waals surface area (Å²) in [5.74, 6) is -0.130. The Morgan fingerprint density at radius 2 is 2.36 bits per heavy atom. The van der Waals surface area contributed by atoms with Crippen LogP contribution in [-0.4, -0.2) is 42.9 Å². The summed E-state index contributed by atoms with van der Waals surface area (Å²) >= 11 is 0. The van der Waals surface area contributed by atoms with E-state index in [-0.39, 0.29) is 24.2 Å². The molecule has 1 atom stereocenters. The normalized spacial score (nSPS) is 17.6. The van der Waals surface area contributed by atoms with Gasteiger partial charge in [0.05, 0.1) is 12.7 Å². The van der Waals surface area contributed by atoms with Crippen LogP contribution < -0.4 is 10.9 Å². The molecule has 1 aliphatic heterocycles. The first-order valence-corrected chi connectivity index (χ1v) is 7.79. The van der Waals surface area contributed by atoms with Crippen molar-refractivity contribution in [1.29, 1.82) is 0 Å². The van der Waals surface area contributed by atoms with Gasteiger partial charge in [0.25, 0.3) is 5.56 Å². The van der Waals surface area contributed by atoms with Crippen molar-refractivity contribution in [3.63, 3.8) is 0 Å². The van der Waals surface area contributed by atoms with Gasteiger partial charge < -0.3 is 19.4 Å². The maximum absolute atomic E-state index is 11.7. The van der Waals surface area contributed by atoms with E-state index in [1.54, 1.807) is 16.7 Å². The Kier molecular flexibility index (Phi) is 6.61. The van der Waals surface area contributed by atoms with Gasteiger partial charge in [-0.25, -0.2) is 0 Å². The summed E-state index contributed by atoms with van der Waals surface area (Å²) in [5, 5.41) is 2.80. The number of hydrogen-bond acceptors (Lipinski definition) is 4. The molecule has 0 aromatic carbocycles. The van der Waals surface area contributed by atoms with E-state index in [1.165, 1.54) is 0 Å². The van der Waals surface area contributed by atoms with E-state index >= 15 is 0 Å². The first-order chi connectivity index (χ1) is 10.7. The number of aromatic nitrogens is 1. The van der Waals surface area contributed by atoms with Crippen LogP contribution in [0.5, 0.6) is 0 Å². The molecular formula is C16H24N2O4. The molecule has 0 radical (unpaired) electrons. The molecule has 2 heterocycles. The second kappa shape index (κ2) is 8.70. The average Bonchev–Trinajstić information content (AvgIpc) is 2.99. The monoisotopic (exact) mass is 308 g/mol. The number of carbonyl (C=O) groups excluding carboxylic acids is 1. The highest BCUT2D eigenvalue weighted by molar-refractivity contribution is 5.77. The lowest BCUT2D eigenvalue weighted by Gasteiger charge is -2.11. The van der Waals surface area contributed by atoms with Crippen molar-refractivity contribution >= 4 is 5.91 Å². The summed E-state index contributed by atoms with van der Waals surface area (Å²) in [6.07, 6.45) is 2.92. The molecular weight excluding hydrogens is 284 g/mol. The summed E-state index contributed by atoms with van der Waals surface area (Å²) in [5.41, 5.74) is 0.921. The van der Waals surface area contributed by atoms with Crippen molar-refractivity contribution in [3.8, 4) is 0 Å². The zero-order chi connectivity index (χ0) is 15.8. The fourth-order valence-electron chi connectivity index (χ4n) is 2.48. The molecule has 6 heteroatoms. The zero-order valence-corrected chi connectivity index (χ0v) is 13.0. The van der Waals surface area contributed by atoms with E-state index in [4.69, 9.17) is 9.47 Å². The molecule has 122 valence electrons. The minimum absolute atomic E-state index is 0.00813. The van der Waals surface area contributed by atoms with Crippen molar-refractivity contribution in [1.82, 2.24) is 9.88 Å². The van der Waals surface area contributed by atoms with E-state index in [0.717, 1.165) is 25.1 Å². The Morgan fingerprint density at radius 3 is 3.09 bits per heavy atom. The van der Waals surface area contributed by atoms with Crippen LogP contribution in [0.2, 0.25) is 0 Å². The number of nitrogens with zero attached hydrogens (tertiary/aromatic N) is 1. The maximum Gasteiger partial charge on any atom is 0.250 e. The summed E-state index contributed by atoms with van der Waals surface area (Å²) in [6, 6.07) is 5.20. The maximum atomic E-state index is 11.7. The van der Waals surface area contributed by atoms with E-state index in [1.807, 2.05) is 13.0 Å². The van der Waals surface area contributed by atoms with Crippen molar-refractivity contribution in [3.05, 3.63) is 34.2 Å². The van der Waals surface area contributed by atoms with Crippen LogP contribution in [0.1, 0.15) is 25.0 Å². The number of aryl methyl sites for hydroxylation is 1. The van der Waals surface area contributed by atoms with E-state index in [9.17, 15) is 9.59 Å². The number of nitrogens with one attached hydrogen (secondary N) is 1. The highest BCUT2D eigenvalue weighted by Crippen LogP contribution is 2.11. The Hall–Kier alpha value is -1.66. The molecule has 1 N–H and O–H groups in total. The third kappa shape index (κ3) is 5.27. The van der Waals surface area contributed by atoms with Gasteiger partial charge in [-0.2, -0.15) is 0 Å². The van der Waals surface area contributed by atoms with Gasteiger partial charge in [0, 0.05) is 31.5 Å². The number of carbonyl (C=O) groups is 1. The van der Waals surface area contributed by atoms with E-state index in [0.29, 0.717) is 26.1 Å². The third-order valence-corrected chi connectivity index (χ3v) is 3.71. The number of ether oxygens (including phenoxy) is 2. The fourth-order valence-corrected chi connectivity index (χ4v) is 2.48. The van der Waals surface area contributed by atoms with Gasteiger partial charge in [-0.3, -0.25) is 9.59 Å². The highest BCUT2D eigenvalue weighted by Gasteiger charge is 2.15. The Labute approximate surface area is 130 Å². The molecule has 1 amide bonds. The fraction of sp³-hybridized carbons (Fsp3) is 0.625. The van der Waals surface area contributed by atoms with Gasteiger partial charge in [-0.05, 0) is 32.3 Å². The predicted molar refractivity (Wildman–Crippen MR) is 82.9 cm³/mol. The van der Waals surface area contributed by atoms with Gasteiger partial charge in [0.1, 0.15) is 6.61 Å². The molecule has 1 aliphatic rings. The van der Waals surface area contributed by atoms with Gasteiger partial charge in [-0.1, -0.05) is 6.07 Å². The van der Waals surface area contributed by atoms with Crippen molar-refractivity contribution in [2.24, 2.45) is 0 Å². The molecule has 0 unspecified atom stereocenters. The molecule has 0 aliphatic carbocycles. The molecule has 1 fully saturated rings. The van der Waals surface area contributed by atoms with Gasteiger partial charge in [0.15, 0.2) is 0 Å². The molecule has 2 rings (SSSR count). The first kappa shape index (κ1) is 16.7. The Balaban J connectivity index is 1.58. The Bertz CT molecular complexity index is 535. The summed E-state index contributed by atoms with van der Waals surface area (Å²) in [4.78, 5) is 23.3. The second-order valence-electron chi connectivity index (χ2n) is 5.51. The topological polar surface area (TPSA) is 69.6 Å². The number of rotatable bonds is 8. The van der Waals surface area contributed by atoms with Gasteiger partial charge >= 0.3 is 0 Å². The van der Waals surface area contributed by atoms with Crippen LogP contribution in [0, 0.1) is 6.92 Å². The lowest BCUT2D eigenvalue weighted by Crippen LogP contribution is -2.31. The van der Waals surface area contributed by atoms with Gasteiger partial charge in [0.2, 0.25) is 5.91 Å². The molecule has 1 aromatic rings. The van der Waals surface area contributed by atoms with Crippen LogP contribution >= 0.6 is 0 Å². The van der Waals surface area contributed by atoms with E-state index < -0.39 is 0 Å². The molecule has 0 saturated carbocycles. The quantitative estimate of drug-likeness (QED) is 0.723. The van der Waals surface area contributed by atoms with Crippen molar-refractivity contribution in [2.45, 2.75) is 38.8 Å². The largest absolute Gasteiger partial charge is 0.376 e. The molecule has 1 saturated heterocycles. The second-order valence-corrected chi connectivity index (χ2v) is 5.51. The van der Waals surface area contributed by atoms with E-state index in [2.05, 4.69) is 5.32 Å². The molecule has 6 nitrogen and oxygen atoms in total. The lowest BCUT2D eigenvalue weighted by atomic mass is 10.2. The minimum atomic E-state index is -0.130. The van der Waals surface area contributed by atoms with Crippen LogP contribution in [0.15, 0.2) is 23.0 Å². The van der Waals surface area contributed by atoms with Crippen LogP contribution in [0.4, 0.5) is 0 Å². The zero-order valence-electron chi connectivity index (χ0n) is 13.0. The van der Waals surface area contributed by atoms with Crippen molar-refractivity contribution in [2.75, 3.05) is 26.4 Å². The minimum Gasteiger partial charge on any atom is -0.376 e. The molecule has 0 bridgehead atoms. The van der Waals surface area contributed by atoms with Crippen LogP contribution in [0.3, 0.4) is 0 Å². The predicted octanol–water partition coefficient (Wildman–Crippen LogP) is 0.859. The van der Waals surface area contributed by atoms with Crippen molar-refractivity contribution < 1.29 is 14.3 Å². The number of hydrogen-bond donors (Lipinski definition) is 1. The highest BCUT2D eigenvalue weighted by atomic mass is 16.5. The van der Waals surface area contributed by atoms with Crippen LogP contribution in [-0.2, 0) is 20.8 Å². The number of amides is 1. The summed E-state index contributed by atoms with van der Waals surface area (Å²) in [6.45, 7) is 4.36. The standard InChI is InChI=1S/C16H24N2O4/c1-13-5-2-7-16(20)18(13)9-4-8-17-15(19)12-21-11-14-6-3-10-22-14/h2,5,7,14H,3-4,6,8-12H2,1H3,(H,17,19)/t14-/m0/s1. The Morgan fingerprint density at radius 1 is 1.50 bits per heavy atom.